The maximum absolute atomic E-state index is 13.2. The molecule has 0 aliphatic rings. The van der Waals surface area contributed by atoms with Gasteiger partial charge < -0.3 is 10.1 Å². The van der Waals surface area contributed by atoms with Crippen molar-refractivity contribution in [2.24, 2.45) is 0 Å². The Labute approximate surface area is 133 Å². The summed E-state index contributed by atoms with van der Waals surface area (Å²) < 4.78 is 18.4. The second-order valence-corrected chi connectivity index (χ2v) is 5.36. The van der Waals surface area contributed by atoms with Crippen molar-refractivity contribution >= 4 is 23.2 Å². The highest BCUT2D eigenvalue weighted by Crippen LogP contribution is 2.33. The summed E-state index contributed by atoms with van der Waals surface area (Å²) in [6.07, 6.45) is 0. The Morgan fingerprint density at radius 1 is 1.14 bits per heavy atom. The van der Waals surface area contributed by atoms with Crippen LogP contribution < -0.4 is 10.1 Å². The summed E-state index contributed by atoms with van der Waals surface area (Å²) in [7, 11) is 1.57. The minimum atomic E-state index is -0.355. The number of hydrogen-bond donors (Lipinski definition) is 1. The van der Waals surface area contributed by atoms with Gasteiger partial charge in [0.2, 0.25) is 0 Å². The third kappa shape index (κ3) is 3.67. The van der Waals surface area contributed by atoms with Gasteiger partial charge in [-0.25, -0.2) is 4.39 Å². The molecule has 0 saturated heterocycles. The normalized spacial score (nSPS) is 12.2. The Morgan fingerprint density at radius 2 is 1.90 bits per heavy atom. The maximum Gasteiger partial charge on any atom is 0.137 e. The third-order valence-corrected chi connectivity index (χ3v) is 3.81. The van der Waals surface area contributed by atoms with Crippen LogP contribution in [0.4, 0.5) is 4.39 Å². The summed E-state index contributed by atoms with van der Waals surface area (Å²) in [6.45, 7) is 2.73. The van der Waals surface area contributed by atoms with Crippen LogP contribution >= 0.6 is 23.2 Å². The molecule has 0 spiro atoms. The van der Waals surface area contributed by atoms with Crippen molar-refractivity contribution in [3.63, 3.8) is 0 Å². The van der Waals surface area contributed by atoms with Gasteiger partial charge in [-0.2, -0.15) is 0 Å². The summed E-state index contributed by atoms with van der Waals surface area (Å²) >= 11 is 12.4. The first-order valence-corrected chi connectivity index (χ1v) is 7.34. The molecule has 21 heavy (non-hydrogen) atoms. The van der Waals surface area contributed by atoms with E-state index in [1.807, 2.05) is 19.1 Å². The van der Waals surface area contributed by atoms with Crippen molar-refractivity contribution in [3.05, 3.63) is 63.4 Å². The minimum Gasteiger partial charge on any atom is -0.495 e. The molecule has 0 heterocycles. The molecule has 2 rings (SSSR count). The lowest BCUT2D eigenvalue weighted by Gasteiger charge is -2.21. The van der Waals surface area contributed by atoms with Crippen molar-refractivity contribution in [2.75, 3.05) is 13.7 Å². The number of halogens is 3. The van der Waals surface area contributed by atoms with Gasteiger partial charge in [0.1, 0.15) is 11.6 Å². The van der Waals surface area contributed by atoms with E-state index in [1.165, 1.54) is 12.1 Å². The van der Waals surface area contributed by atoms with Crippen LogP contribution in [-0.4, -0.2) is 13.7 Å². The standard InChI is InChI=1S/C16H16Cl2FNO/c1-3-20-16(12-6-5-11(19)9-13(12)17)10-4-7-15(21-2)14(18)8-10/h4-9,16,20H,3H2,1-2H3. The largest absolute Gasteiger partial charge is 0.495 e. The van der Waals surface area contributed by atoms with Crippen molar-refractivity contribution in [2.45, 2.75) is 13.0 Å². The van der Waals surface area contributed by atoms with Crippen molar-refractivity contribution in [1.29, 1.82) is 0 Å². The van der Waals surface area contributed by atoms with Gasteiger partial charge in [0.25, 0.3) is 0 Å². The zero-order valence-electron chi connectivity index (χ0n) is 11.8. The number of hydrogen-bond acceptors (Lipinski definition) is 2. The maximum atomic E-state index is 13.2. The fourth-order valence-electron chi connectivity index (χ4n) is 2.21. The second-order valence-electron chi connectivity index (χ2n) is 4.55. The van der Waals surface area contributed by atoms with Gasteiger partial charge in [0, 0.05) is 5.02 Å². The molecule has 0 saturated carbocycles. The summed E-state index contributed by atoms with van der Waals surface area (Å²) in [6, 6.07) is 9.78. The van der Waals surface area contributed by atoms with Crippen LogP contribution in [0, 0.1) is 5.82 Å². The van der Waals surface area contributed by atoms with Gasteiger partial charge in [-0.15, -0.1) is 0 Å². The van der Waals surface area contributed by atoms with Gasteiger partial charge in [0.15, 0.2) is 0 Å². The third-order valence-electron chi connectivity index (χ3n) is 3.19. The molecule has 0 aliphatic carbocycles. The summed E-state index contributed by atoms with van der Waals surface area (Å²) in [5, 5.41) is 4.24. The molecule has 0 radical (unpaired) electrons. The van der Waals surface area contributed by atoms with Gasteiger partial charge >= 0.3 is 0 Å². The van der Waals surface area contributed by atoms with Crippen LogP contribution in [0.3, 0.4) is 0 Å². The monoisotopic (exact) mass is 327 g/mol. The number of benzene rings is 2. The van der Waals surface area contributed by atoms with Gasteiger partial charge in [-0.1, -0.05) is 42.3 Å². The zero-order valence-corrected chi connectivity index (χ0v) is 13.3. The highest BCUT2D eigenvalue weighted by atomic mass is 35.5. The van der Waals surface area contributed by atoms with Gasteiger partial charge in [-0.05, 0) is 41.9 Å². The first kappa shape index (κ1) is 16.1. The Bertz CT molecular complexity index is 634. The van der Waals surface area contributed by atoms with Gasteiger partial charge in [0.05, 0.1) is 18.2 Å². The Balaban J connectivity index is 2.45. The molecule has 2 aromatic carbocycles. The fourth-order valence-corrected chi connectivity index (χ4v) is 2.75. The Kier molecular flexibility index (Phi) is 5.45. The molecule has 0 bridgehead atoms. The average molecular weight is 328 g/mol. The SMILES string of the molecule is CCNC(c1ccc(OC)c(Cl)c1)c1ccc(F)cc1Cl. The highest BCUT2D eigenvalue weighted by molar-refractivity contribution is 6.32. The van der Waals surface area contributed by atoms with Crippen molar-refractivity contribution < 1.29 is 9.13 Å². The second kappa shape index (κ2) is 7.12. The first-order chi connectivity index (χ1) is 10.1. The highest BCUT2D eigenvalue weighted by Gasteiger charge is 2.17. The molecule has 2 aromatic rings. The first-order valence-electron chi connectivity index (χ1n) is 6.58. The van der Waals surface area contributed by atoms with Crippen LogP contribution in [0.15, 0.2) is 36.4 Å². The molecular formula is C16H16Cl2FNO. The minimum absolute atomic E-state index is 0.161. The van der Waals surface area contributed by atoms with E-state index in [0.717, 1.165) is 17.7 Å². The van der Waals surface area contributed by atoms with E-state index in [0.29, 0.717) is 15.8 Å². The van der Waals surface area contributed by atoms with Crippen molar-refractivity contribution in [3.8, 4) is 5.75 Å². The summed E-state index contributed by atoms with van der Waals surface area (Å²) in [5.74, 6) is 0.257. The smallest absolute Gasteiger partial charge is 0.137 e. The van der Waals surface area contributed by atoms with E-state index >= 15 is 0 Å². The van der Waals surface area contributed by atoms with Crippen LogP contribution in [-0.2, 0) is 0 Å². The van der Waals surface area contributed by atoms with E-state index in [2.05, 4.69) is 5.32 Å². The molecule has 0 aliphatic heterocycles. The van der Waals surface area contributed by atoms with Crippen LogP contribution in [0.5, 0.6) is 5.75 Å². The van der Waals surface area contributed by atoms with E-state index in [4.69, 9.17) is 27.9 Å². The number of nitrogens with one attached hydrogen (secondary N) is 1. The zero-order chi connectivity index (χ0) is 15.4. The average Bonchev–Trinajstić information content (AvgIpc) is 2.45. The molecule has 5 heteroatoms. The van der Waals surface area contributed by atoms with E-state index < -0.39 is 0 Å². The van der Waals surface area contributed by atoms with Crippen LogP contribution in [0.1, 0.15) is 24.1 Å². The van der Waals surface area contributed by atoms with E-state index in [1.54, 1.807) is 19.2 Å². The lowest BCUT2D eigenvalue weighted by Crippen LogP contribution is -2.22. The molecule has 1 unspecified atom stereocenters. The van der Waals surface area contributed by atoms with E-state index in [-0.39, 0.29) is 11.9 Å². The number of ether oxygens (including phenoxy) is 1. The van der Waals surface area contributed by atoms with Crippen LogP contribution in [0.25, 0.3) is 0 Å². The summed E-state index contributed by atoms with van der Waals surface area (Å²) in [5.41, 5.74) is 1.75. The van der Waals surface area contributed by atoms with Crippen molar-refractivity contribution in [1.82, 2.24) is 5.32 Å². The quantitative estimate of drug-likeness (QED) is 0.848. The molecule has 112 valence electrons. The molecule has 0 fully saturated rings. The Hall–Kier alpha value is -1.29. The predicted molar refractivity (Wildman–Crippen MR) is 84.9 cm³/mol. The van der Waals surface area contributed by atoms with E-state index in [9.17, 15) is 4.39 Å². The Morgan fingerprint density at radius 3 is 2.48 bits per heavy atom. The number of rotatable bonds is 5. The molecule has 1 atom stereocenters. The topological polar surface area (TPSA) is 21.3 Å². The molecule has 2 nitrogen and oxygen atoms in total. The lowest BCUT2D eigenvalue weighted by molar-refractivity contribution is 0.414. The molecular weight excluding hydrogens is 312 g/mol. The molecule has 0 amide bonds. The molecule has 0 aromatic heterocycles. The van der Waals surface area contributed by atoms with Gasteiger partial charge in [-0.3, -0.25) is 0 Å². The summed E-state index contributed by atoms with van der Waals surface area (Å²) in [4.78, 5) is 0. The van der Waals surface area contributed by atoms with Crippen LogP contribution in [0.2, 0.25) is 10.0 Å². The number of methoxy groups -OCH3 is 1. The molecule has 1 N–H and O–H groups in total. The predicted octanol–water partition coefficient (Wildman–Crippen LogP) is 4.84. The fraction of sp³-hybridized carbons (Fsp3) is 0.250. The lowest BCUT2D eigenvalue weighted by atomic mass is 9.98.